The fourth-order valence-electron chi connectivity index (χ4n) is 0.950. The third kappa shape index (κ3) is 4.03. The van der Waals surface area contributed by atoms with E-state index in [0.717, 1.165) is 0 Å². The Labute approximate surface area is 93.1 Å². The molecule has 0 saturated heterocycles. The van der Waals surface area contributed by atoms with Crippen LogP contribution in [-0.2, 0) is 0 Å². The van der Waals surface area contributed by atoms with Crippen LogP contribution in [0.5, 0.6) is 0 Å². The SMILES string of the molecule is N=C(N)CCNC(=O)N1C=NC(S)=CC1. The van der Waals surface area contributed by atoms with Crippen LogP contribution in [-0.4, -0.2) is 36.2 Å². The van der Waals surface area contributed by atoms with Crippen molar-refractivity contribution in [3.63, 3.8) is 0 Å². The number of nitrogens with two attached hydrogens (primary N) is 1. The Kier molecular flexibility index (Phi) is 4.17. The smallest absolute Gasteiger partial charge is 0.322 e. The van der Waals surface area contributed by atoms with Crippen LogP contribution >= 0.6 is 12.6 Å². The zero-order valence-electron chi connectivity index (χ0n) is 8.10. The summed E-state index contributed by atoms with van der Waals surface area (Å²) >= 11 is 4.03. The minimum Gasteiger partial charge on any atom is -0.388 e. The molecule has 0 bridgehead atoms. The van der Waals surface area contributed by atoms with E-state index in [1.54, 1.807) is 6.08 Å². The van der Waals surface area contributed by atoms with E-state index < -0.39 is 0 Å². The zero-order valence-corrected chi connectivity index (χ0v) is 9.00. The molecule has 7 heteroatoms. The fraction of sp³-hybridized carbons (Fsp3) is 0.375. The normalized spacial score (nSPS) is 14.7. The number of hydrogen-bond donors (Lipinski definition) is 4. The Morgan fingerprint density at radius 2 is 2.53 bits per heavy atom. The number of carbonyl (C=O) groups is 1. The van der Waals surface area contributed by atoms with Crippen molar-refractivity contribution in [3.8, 4) is 0 Å². The molecule has 0 aromatic rings. The quantitative estimate of drug-likeness (QED) is 0.313. The van der Waals surface area contributed by atoms with Gasteiger partial charge >= 0.3 is 6.03 Å². The molecule has 0 aliphatic carbocycles. The van der Waals surface area contributed by atoms with Crippen molar-refractivity contribution in [2.75, 3.05) is 13.1 Å². The van der Waals surface area contributed by atoms with E-state index in [4.69, 9.17) is 11.1 Å². The van der Waals surface area contributed by atoms with Crippen LogP contribution in [0.3, 0.4) is 0 Å². The molecule has 0 atom stereocenters. The lowest BCUT2D eigenvalue weighted by Gasteiger charge is -2.18. The van der Waals surface area contributed by atoms with Gasteiger partial charge in [0, 0.05) is 19.5 Å². The van der Waals surface area contributed by atoms with Gasteiger partial charge in [0.1, 0.15) is 6.34 Å². The van der Waals surface area contributed by atoms with Gasteiger partial charge in [-0.25, -0.2) is 9.79 Å². The molecule has 0 radical (unpaired) electrons. The lowest BCUT2D eigenvalue weighted by molar-refractivity contribution is 0.224. The number of amidine groups is 1. The molecule has 0 aromatic heterocycles. The summed E-state index contributed by atoms with van der Waals surface area (Å²) < 4.78 is 0. The van der Waals surface area contributed by atoms with Crippen LogP contribution in [0.2, 0.25) is 0 Å². The van der Waals surface area contributed by atoms with Crippen molar-refractivity contribution in [3.05, 3.63) is 11.1 Å². The monoisotopic (exact) mass is 227 g/mol. The first-order chi connectivity index (χ1) is 7.09. The highest BCUT2D eigenvalue weighted by Gasteiger charge is 2.11. The van der Waals surface area contributed by atoms with Gasteiger partial charge in [0.25, 0.3) is 0 Å². The molecule has 0 aromatic carbocycles. The maximum absolute atomic E-state index is 11.4. The van der Waals surface area contributed by atoms with Crippen LogP contribution in [0.25, 0.3) is 0 Å². The molecule has 0 fully saturated rings. The number of carbonyl (C=O) groups excluding carboxylic acids is 1. The predicted octanol–water partition coefficient (Wildman–Crippen LogP) is 0.137. The van der Waals surface area contributed by atoms with E-state index in [2.05, 4.69) is 22.9 Å². The Morgan fingerprint density at radius 1 is 1.80 bits per heavy atom. The van der Waals surface area contributed by atoms with E-state index in [-0.39, 0.29) is 11.9 Å². The molecular weight excluding hydrogens is 214 g/mol. The molecule has 6 nitrogen and oxygen atoms in total. The van der Waals surface area contributed by atoms with E-state index >= 15 is 0 Å². The number of hydrogen-bond acceptors (Lipinski definition) is 4. The van der Waals surface area contributed by atoms with E-state index in [1.165, 1.54) is 11.2 Å². The second-order valence-corrected chi connectivity index (χ2v) is 3.42. The minimum atomic E-state index is -0.253. The molecular formula is C8H13N5OS. The highest BCUT2D eigenvalue weighted by Crippen LogP contribution is 2.06. The summed E-state index contributed by atoms with van der Waals surface area (Å²) in [5, 5.41) is 10.2. The minimum absolute atomic E-state index is 0.0557. The maximum atomic E-state index is 11.4. The van der Waals surface area contributed by atoms with Gasteiger partial charge in [-0.05, 0) is 6.08 Å². The maximum Gasteiger partial charge on any atom is 0.322 e. The highest BCUT2D eigenvalue weighted by molar-refractivity contribution is 7.84. The summed E-state index contributed by atoms with van der Waals surface area (Å²) in [6.07, 6.45) is 3.50. The number of amides is 2. The van der Waals surface area contributed by atoms with Crippen molar-refractivity contribution in [1.82, 2.24) is 10.2 Å². The molecule has 2 amide bonds. The highest BCUT2D eigenvalue weighted by atomic mass is 32.1. The molecule has 1 aliphatic rings. The molecule has 0 unspecified atom stereocenters. The molecule has 15 heavy (non-hydrogen) atoms. The van der Waals surface area contributed by atoms with Crippen molar-refractivity contribution in [2.45, 2.75) is 6.42 Å². The van der Waals surface area contributed by atoms with Gasteiger partial charge in [-0.3, -0.25) is 10.3 Å². The van der Waals surface area contributed by atoms with Crippen LogP contribution in [0.4, 0.5) is 4.79 Å². The first-order valence-corrected chi connectivity index (χ1v) is 4.85. The Hall–Kier alpha value is -1.50. The van der Waals surface area contributed by atoms with E-state index in [0.29, 0.717) is 24.5 Å². The summed E-state index contributed by atoms with van der Waals surface area (Å²) in [4.78, 5) is 16.7. The Bertz CT molecular complexity index is 325. The second-order valence-electron chi connectivity index (χ2n) is 2.97. The molecule has 1 rings (SSSR count). The van der Waals surface area contributed by atoms with Crippen LogP contribution in [0, 0.1) is 5.41 Å². The first-order valence-electron chi connectivity index (χ1n) is 4.40. The van der Waals surface area contributed by atoms with Crippen molar-refractivity contribution < 1.29 is 4.79 Å². The average Bonchev–Trinajstić information content (AvgIpc) is 2.18. The summed E-state index contributed by atoms with van der Waals surface area (Å²) in [5.74, 6) is 0.0557. The summed E-state index contributed by atoms with van der Waals surface area (Å²) in [6, 6.07) is -0.253. The van der Waals surface area contributed by atoms with Gasteiger partial charge in [-0.2, -0.15) is 0 Å². The summed E-state index contributed by atoms with van der Waals surface area (Å²) in [6.45, 7) is 0.810. The van der Waals surface area contributed by atoms with Gasteiger partial charge < -0.3 is 11.1 Å². The largest absolute Gasteiger partial charge is 0.388 e. The van der Waals surface area contributed by atoms with Crippen molar-refractivity contribution in [1.29, 1.82) is 5.41 Å². The van der Waals surface area contributed by atoms with E-state index in [9.17, 15) is 4.79 Å². The number of aliphatic imine (C=N–C) groups is 1. The summed E-state index contributed by atoms with van der Waals surface area (Å²) in [5.41, 5.74) is 5.15. The molecule has 82 valence electrons. The Morgan fingerprint density at radius 3 is 3.07 bits per heavy atom. The number of urea groups is 1. The van der Waals surface area contributed by atoms with Gasteiger partial charge in [0.2, 0.25) is 0 Å². The lowest BCUT2D eigenvalue weighted by Crippen LogP contribution is -2.41. The third-order valence-electron chi connectivity index (χ3n) is 1.73. The number of nitrogens with one attached hydrogen (secondary N) is 2. The van der Waals surface area contributed by atoms with Gasteiger partial charge in [-0.1, -0.05) is 0 Å². The second kappa shape index (κ2) is 5.40. The number of nitrogens with zero attached hydrogens (tertiary/aromatic N) is 2. The topological polar surface area (TPSA) is 94.6 Å². The van der Waals surface area contributed by atoms with Crippen LogP contribution in [0.1, 0.15) is 6.42 Å². The molecule has 0 spiro atoms. The molecule has 1 aliphatic heterocycles. The predicted molar refractivity (Wildman–Crippen MR) is 62.2 cm³/mol. The number of rotatable bonds is 3. The Balaban J connectivity index is 2.30. The van der Waals surface area contributed by atoms with Gasteiger partial charge in [-0.15, -0.1) is 12.6 Å². The number of thiol groups is 1. The lowest BCUT2D eigenvalue weighted by atomic mass is 10.4. The standard InChI is InChI=1S/C8H13N5OS/c9-6(10)1-3-11-8(14)13-4-2-7(15)12-5-13/h2,5,15H,1,3-4H2,(H3,9,10)(H,11,14). The van der Waals surface area contributed by atoms with Crippen molar-refractivity contribution in [2.24, 2.45) is 10.7 Å². The third-order valence-corrected chi connectivity index (χ3v) is 2.03. The van der Waals surface area contributed by atoms with Gasteiger partial charge in [0.05, 0.1) is 10.9 Å². The summed E-state index contributed by atoms with van der Waals surface area (Å²) in [7, 11) is 0. The molecule has 1 heterocycles. The average molecular weight is 227 g/mol. The van der Waals surface area contributed by atoms with Crippen LogP contribution < -0.4 is 11.1 Å². The zero-order chi connectivity index (χ0) is 11.3. The first kappa shape index (κ1) is 11.6. The van der Waals surface area contributed by atoms with Crippen molar-refractivity contribution >= 4 is 30.8 Å². The van der Waals surface area contributed by atoms with Gasteiger partial charge in [0.15, 0.2) is 0 Å². The van der Waals surface area contributed by atoms with Crippen LogP contribution in [0.15, 0.2) is 16.1 Å². The molecule has 4 N–H and O–H groups in total. The molecule has 0 saturated carbocycles. The van der Waals surface area contributed by atoms with E-state index in [1.807, 2.05) is 0 Å². The fourth-order valence-corrected chi connectivity index (χ4v) is 1.08.